The third-order valence-corrected chi connectivity index (χ3v) is 8.31. The molecule has 7 heteroatoms. The molecular weight excluding hydrogens is 380 g/mol. The first-order chi connectivity index (χ1) is 14.2. The minimum absolute atomic E-state index is 0.0175. The van der Waals surface area contributed by atoms with E-state index in [1.54, 1.807) is 6.20 Å². The van der Waals surface area contributed by atoms with Crippen molar-refractivity contribution in [2.75, 3.05) is 11.5 Å². The molecule has 0 saturated heterocycles. The van der Waals surface area contributed by atoms with E-state index in [0.29, 0.717) is 29.3 Å². The second kappa shape index (κ2) is 6.89. The monoisotopic (exact) mass is 414 g/mol. The lowest BCUT2D eigenvalue weighted by atomic mass is 9.51. The van der Waals surface area contributed by atoms with Crippen LogP contribution in [0.3, 0.4) is 0 Å². The Hall–Kier alpha value is -1.73. The van der Waals surface area contributed by atoms with E-state index in [1.165, 1.54) is 0 Å². The zero-order valence-electron chi connectivity index (χ0n) is 18.0. The topological polar surface area (TPSA) is 113 Å². The quantitative estimate of drug-likeness (QED) is 0.659. The molecule has 1 heterocycles. The van der Waals surface area contributed by atoms with E-state index in [1.807, 2.05) is 13.8 Å². The number of rotatable bonds is 6. The van der Waals surface area contributed by atoms with Crippen LogP contribution in [0.5, 0.6) is 0 Å². The van der Waals surface area contributed by atoms with Crippen molar-refractivity contribution in [1.29, 1.82) is 0 Å². The number of aromatic nitrogens is 2. The summed E-state index contributed by atoms with van der Waals surface area (Å²) >= 11 is 0. The number of amides is 1. The molecule has 164 valence electrons. The van der Waals surface area contributed by atoms with Crippen LogP contribution < -0.4 is 10.6 Å². The van der Waals surface area contributed by atoms with Crippen LogP contribution >= 0.6 is 0 Å². The molecule has 2 atom stereocenters. The number of anilines is 1. The lowest BCUT2D eigenvalue weighted by Gasteiger charge is -2.62. The summed E-state index contributed by atoms with van der Waals surface area (Å²) in [6, 6.07) is 0.192. The molecule has 1 amide bonds. The highest BCUT2D eigenvalue weighted by molar-refractivity contribution is 5.93. The van der Waals surface area contributed by atoms with E-state index in [2.05, 4.69) is 9.88 Å². The molecule has 4 bridgehead atoms. The summed E-state index contributed by atoms with van der Waals surface area (Å²) in [6.45, 7) is 4.04. The predicted molar refractivity (Wildman–Crippen MR) is 113 cm³/mol. The summed E-state index contributed by atoms with van der Waals surface area (Å²) in [4.78, 5) is 23.7. The third kappa shape index (κ3) is 3.12. The number of carbonyl (C=O) groups is 1. The summed E-state index contributed by atoms with van der Waals surface area (Å²) in [5, 5.41) is 21.3. The van der Waals surface area contributed by atoms with Crippen LogP contribution in [0.2, 0.25) is 0 Å². The number of aliphatic hydroxyl groups is 2. The minimum atomic E-state index is -0.548. The molecule has 5 fully saturated rings. The molecule has 5 saturated carbocycles. The molecule has 0 spiro atoms. The van der Waals surface area contributed by atoms with Gasteiger partial charge in [-0.05, 0) is 76.5 Å². The molecule has 6 rings (SSSR count). The van der Waals surface area contributed by atoms with Gasteiger partial charge in [-0.1, -0.05) is 6.42 Å². The van der Waals surface area contributed by atoms with Gasteiger partial charge in [0, 0.05) is 18.2 Å². The Bertz CT molecular complexity index is 837. The zero-order chi connectivity index (χ0) is 21.3. The second-order valence-corrected chi connectivity index (χ2v) is 11.0. The van der Waals surface area contributed by atoms with Gasteiger partial charge >= 0.3 is 0 Å². The highest BCUT2D eigenvalue weighted by Crippen LogP contribution is 2.58. The van der Waals surface area contributed by atoms with E-state index in [9.17, 15) is 15.0 Å². The number of nitrogens with two attached hydrogens (primary N) is 1. The fraction of sp³-hybridized carbons (Fsp3) is 0.783. The van der Waals surface area contributed by atoms with Crippen molar-refractivity contribution in [3.8, 4) is 0 Å². The first-order valence-corrected chi connectivity index (χ1v) is 11.5. The van der Waals surface area contributed by atoms with Gasteiger partial charge in [-0.15, -0.1) is 0 Å². The zero-order valence-corrected chi connectivity index (χ0v) is 18.0. The molecule has 7 nitrogen and oxygen atoms in total. The van der Waals surface area contributed by atoms with Gasteiger partial charge in [0.05, 0.1) is 29.0 Å². The van der Waals surface area contributed by atoms with Crippen LogP contribution in [-0.4, -0.2) is 49.9 Å². The van der Waals surface area contributed by atoms with Gasteiger partial charge in [0.25, 0.3) is 5.91 Å². The van der Waals surface area contributed by atoms with Crippen LogP contribution in [0.1, 0.15) is 87.2 Å². The summed E-state index contributed by atoms with van der Waals surface area (Å²) in [6.07, 6.45) is 9.57. The molecule has 2 unspecified atom stereocenters. The smallest absolute Gasteiger partial charge is 0.252 e. The Morgan fingerprint density at radius 3 is 2.43 bits per heavy atom. The Labute approximate surface area is 178 Å². The van der Waals surface area contributed by atoms with Crippen molar-refractivity contribution in [3.05, 3.63) is 17.5 Å². The minimum Gasteiger partial charge on any atom is -0.394 e. The van der Waals surface area contributed by atoms with Crippen molar-refractivity contribution in [2.45, 2.75) is 88.3 Å². The number of carbonyl (C=O) groups excluding carboxylic acids is 1. The largest absolute Gasteiger partial charge is 0.394 e. The van der Waals surface area contributed by atoms with E-state index >= 15 is 0 Å². The van der Waals surface area contributed by atoms with E-state index in [0.717, 1.165) is 57.1 Å². The SMILES string of the molecule is CC(C)(CO)N(c1ncc(C(N)=O)c(C2CCC2)n1)C1C2CC3CC1CC(O)(C3)C2. The van der Waals surface area contributed by atoms with E-state index in [-0.39, 0.29) is 18.6 Å². The lowest BCUT2D eigenvalue weighted by Crippen LogP contribution is -2.66. The highest BCUT2D eigenvalue weighted by Gasteiger charge is 2.58. The Balaban J connectivity index is 1.57. The summed E-state index contributed by atoms with van der Waals surface area (Å²) in [5.41, 5.74) is 5.74. The Morgan fingerprint density at radius 2 is 1.93 bits per heavy atom. The molecule has 5 aliphatic carbocycles. The highest BCUT2D eigenvalue weighted by atomic mass is 16.3. The molecule has 0 aromatic carbocycles. The van der Waals surface area contributed by atoms with Crippen LogP contribution in [-0.2, 0) is 0 Å². The maximum atomic E-state index is 12.0. The summed E-state index contributed by atoms with van der Waals surface area (Å²) < 4.78 is 0. The normalized spacial score (nSPS) is 35.3. The van der Waals surface area contributed by atoms with Crippen molar-refractivity contribution >= 4 is 11.9 Å². The van der Waals surface area contributed by atoms with Gasteiger partial charge in [0.2, 0.25) is 5.95 Å². The lowest BCUT2D eigenvalue weighted by molar-refractivity contribution is -0.136. The van der Waals surface area contributed by atoms with Crippen LogP contribution in [0.25, 0.3) is 0 Å². The molecule has 0 radical (unpaired) electrons. The molecule has 4 N–H and O–H groups in total. The van der Waals surface area contributed by atoms with Gasteiger partial charge < -0.3 is 20.8 Å². The molecule has 0 aliphatic heterocycles. The van der Waals surface area contributed by atoms with E-state index in [4.69, 9.17) is 10.7 Å². The molecule has 5 aliphatic rings. The first-order valence-electron chi connectivity index (χ1n) is 11.5. The fourth-order valence-corrected chi connectivity index (χ4v) is 6.94. The van der Waals surface area contributed by atoms with Crippen LogP contribution in [0.4, 0.5) is 5.95 Å². The second-order valence-electron chi connectivity index (χ2n) is 11.0. The summed E-state index contributed by atoms with van der Waals surface area (Å²) in [5.74, 6) is 1.72. The number of aliphatic hydroxyl groups excluding tert-OH is 1. The van der Waals surface area contributed by atoms with Gasteiger partial charge in [0.15, 0.2) is 0 Å². The summed E-state index contributed by atoms with van der Waals surface area (Å²) in [7, 11) is 0. The Kier molecular flexibility index (Phi) is 4.64. The third-order valence-electron chi connectivity index (χ3n) is 8.31. The van der Waals surface area contributed by atoms with Gasteiger partial charge in [-0.2, -0.15) is 0 Å². The fourth-order valence-electron chi connectivity index (χ4n) is 6.94. The number of hydrogen-bond acceptors (Lipinski definition) is 6. The number of nitrogens with zero attached hydrogens (tertiary/aromatic N) is 3. The molecule has 1 aromatic rings. The Morgan fingerprint density at radius 1 is 1.27 bits per heavy atom. The van der Waals surface area contributed by atoms with Gasteiger partial charge in [-0.25, -0.2) is 9.97 Å². The molecule has 30 heavy (non-hydrogen) atoms. The molecule has 1 aromatic heterocycles. The maximum Gasteiger partial charge on any atom is 0.252 e. The first kappa shape index (κ1) is 20.2. The van der Waals surface area contributed by atoms with Gasteiger partial charge in [0.1, 0.15) is 0 Å². The van der Waals surface area contributed by atoms with Crippen molar-refractivity contribution in [2.24, 2.45) is 23.5 Å². The average Bonchev–Trinajstić information content (AvgIpc) is 2.61. The maximum absolute atomic E-state index is 12.0. The van der Waals surface area contributed by atoms with Crippen LogP contribution in [0.15, 0.2) is 6.20 Å². The van der Waals surface area contributed by atoms with Gasteiger partial charge in [-0.3, -0.25) is 4.79 Å². The van der Waals surface area contributed by atoms with E-state index < -0.39 is 17.0 Å². The van der Waals surface area contributed by atoms with Crippen molar-refractivity contribution in [3.63, 3.8) is 0 Å². The molecular formula is C23H34N4O3. The van der Waals surface area contributed by atoms with Crippen LogP contribution in [0, 0.1) is 17.8 Å². The number of primary amides is 1. The van der Waals surface area contributed by atoms with Crippen molar-refractivity contribution < 1.29 is 15.0 Å². The predicted octanol–water partition coefficient (Wildman–Crippen LogP) is 2.36. The van der Waals surface area contributed by atoms with Crippen molar-refractivity contribution in [1.82, 2.24) is 9.97 Å². The number of hydrogen-bond donors (Lipinski definition) is 3. The standard InChI is InChI=1S/C23H34N4O3/c1-22(2,12-28)27(19-15-6-13-7-16(19)10-23(30,8-13)9-15)21-25-11-17(20(24)29)18(26-21)14-4-3-5-14/h11,13-16,19,28,30H,3-10,12H2,1-2H3,(H2,24,29). The average molecular weight is 415 g/mol.